The van der Waals surface area contributed by atoms with Gasteiger partial charge in [0.2, 0.25) is 5.91 Å². The van der Waals surface area contributed by atoms with Crippen LogP contribution in [0.1, 0.15) is 5.01 Å². The molecular formula is C26H26N4OS. The van der Waals surface area contributed by atoms with Gasteiger partial charge in [0.1, 0.15) is 5.01 Å². The predicted octanol–water partition coefficient (Wildman–Crippen LogP) is 4.72. The minimum absolute atomic E-state index is 0.0352. The molecule has 5 rings (SSSR count). The predicted molar refractivity (Wildman–Crippen MR) is 132 cm³/mol. The Balaban J connectivity index is 1.14. The molecule has 1 aliphatic rings. The minimum atomic E-state index is 0.0352. The summed E-state index contributed by atoms with van der Waals surface area (Å²) < 4.78 is 1.24. The van der Waals surface area contributed by atoms with E-state index in [1.807, 2.05) is 48.5 Å². The van der Waals surface area contributed by atoms with Gasteiger partial charge >= 0.3 is 0 Å². The Morgan fingerprint density at radius 3 is 2.34 bits per heavy atom. The normalized spacial score (nSPS) is 15.1. The number of piperazine rings is 1. The number of nitrogens with one attached hydrogen (secondary N) is 1. The minimum Gasteiger partial charge on any atom is -0.324 e. The van der Waals surface area contributed by atoms with Gasteiger partial charge in [0.05, 0.1) is 23.3 Å². The molecule has 2 heterocycles. The lowest BCUT2D eigenvalue weighted by Crippen LogP contribution is -2.48. The summed E-state index contributed by atoms with van der Waals surface area (Å²) >= 11 is 1.77. The average Bonchev–Trinajstić information content (AvgIpc) is 3.24. The molecule has 0 aliphatic carbocycles. The van der Waals surface area contributed by atoms with E-state index in [1.54, 1.807) is 11.3 Å². The van der Waals surface area contributed by atoms with E-state index < -0.39 is 0 Å². The second-order valence-electron chi connectivity index (χ2n) is 8.09. The van der Waals surface area contributed by atoms with Gasteiger partial charge in [0.15, 0.2) is 0 Å². The third-order valence-corrected chi connectivity index (χ3v) is 6.84. The van der Waals surface area contributed by atoms with Crippen LogP contribution in [-0.2, 0) is 11.3 Å². The van der Waals surface area contributed by atoms with Crippen molar-refractivity contribution in [3.63, 3.8) is 0 Å². The van der Waals surface area contributed by atoms with E-state index >= 15 is 0 Å². The van der Waals surface area contributed by atoms with Crippen LogP contribution in [0.4, 0.5) is 5.69 Å². The lowest BCUT2D eigenvalue weighted by molar-refractivity contribution is -0.117. The van der Waals surface area contributed by atoms with Gasteiger partial charge in [-0.3, -0.25) is 14.6 Å². The molecule has 5 nitrogen and oxygen atoms in total. The number of thiazole rings is 1. The van der Waals surface area contributed by atoms with Gasteiger partial charge in [0, 0.05) is 37.4 Å². The van der Waals surface area contributed by atoms with Gasteiger partial charge in [-0.25, -0.2) is 4.98 Å². The molecule has 1 saturated heterocycles. The molecule has 0 bridgehead atoms. The molecular weight excluding hydrogens is 416 g/mol. The summed E-state index contributed by atoms with van der Waals surface area (Å²) in [5.41, 5.74) is 4.09. The van der Waals surface area contributed by atoms with Gasteiger partial charge in [-0.05, 0) is 23.8 Å². The first-order chi connectivity index (χ1) is 15.7. The lowest BCUT2D eigenvalue weighted by Gasteiger charge is -2.33. The number of benzene rings is 3. The van der Waals surface area contributed by atoms with E-state index in [0.717, 1.165) is 60.1 Å². The lowest BCUT2D eigenvalue weighted by atomic mass is 10.0. The molecule has 1 aromatic heterocycles. The molecule has 1 amide bonds. The summed E-state index contributed by atoms with van der Waals surface area (Å²) in [5.74, 6) is 0.0352. The molecule has 0 atom stereocenters. The molecule has 1 fully saturated rings. The van der Waals surface area contributed by atoms with Crippen LogP contribution in [0.2, 0.25) is 0 Å². The Morgan fingerprint density at radius 2 is 1.53 bits per heavy atom. The summed E-state index contributed by atoms with van der Waals surface area (Å²) in [6.07, 6.45) is 0. The quantitative estimate of drug-likeness (QED) is 0.469. The van der Waals surface area contributed by atoms with E-state index in [2.05, 4.69) is 45.4 Å². The number of carbonyl (C=O) groups is 1. The number of amides is 1. The first-order valence-electron chi connectivity index (χ1n) is 11.0. The molecule has 4 aromatic rings. The van der Waals surface area contributed by atoms with Gasteiger partial charge < -0.3 is 5.32 Å². The van der Waals surface area contributed by atoms with E-state index in [1.165, 1.54) is 4.70 Å². The monoisotopic (exact) mass is 442 g/mol. The van der Waals surface area contributed by atoms with E-state index in [0.29, 0.717) is 6.54 Å². The third-order valence-electron chi connectivity index (χ3n) is 5.82. The fourth-order valence-electron chi connectivity index (χ4n) is 4.14. The zero-order valence-electron chi connectivity index (χ0n) is 17.9. The van der Waals surface area contributed by atoms with Gasteiger partial charge in [-0.2, -0.15) is 0 Å². The maximum absolute atomic E-state index is 12.8. The maximum Gasteiger partial charge on any atom is 0.238 e. The fourth-order valence-corrected chi connectivity index (χ4v) is 5.15. The van der Waals surface area contributed by atoms with Crippen molar-refractivity contribution in [2.75, 3.05) is 38.0 Å². The molecule has 0 saturated carbocycles. The van der Waals surface area contributed by atoms with Gasteiger partial charge in [-0.1, -0.05) is 60.7 Å². The molecule has 1 N–H and O–H groups in total. The fraction of sp³-hybridized carbons (Fsp3) is 0.231. The van der Waals surface area contributed by atoms with Crippen molar-refractivity contribution in [2.45, 2.75) is 6.54 Å². The van der Waals surface area contributed by atoms with E-state index in [-0.39, 0.29) is 5.91 Å². The highest BCUT2D eigenvalue weighted by Crippen LogP contribution is 2.27. The molecule has 3 aromatic carbocycles. The summed E-state index contributed by atoms with van der Waals surface area (Å²) in [5, 5.41) is 4.28. The van der Waals surface area contributed by atoms with Crippen LogP contribution in [-0.4, -0.2) is 53.4 Å². The summed E-state index contributed by atoms with van der Waals surface area (Å²) in [7, 11) is 0. The zero-order valence-corrected chi connectivity index (χ0v) is 18.7. The highest BCUT2D eigenvalue weighted by Gasteiger charge is 2.20. The molecule has 1 aliphatic heterocycles. The molecule has 0 spiro atoms. The van der Waals surface area contributed by atoms with Crippen molar-refractivity contribution >= 4 is 33.1 Å². The standard InChI is InChI=1S/C26H26N4OS/c31-25(27-22-11-5-4-10-21(22)20-8-2-1-3-9-20)18-29-14-16-30(17-15-29)19-26-28-23-12-6-7-13-24(23)32-26/h1-13H,14-19H2,(H,27,31). The number of hydrogen-bond acceptors (Lipinski definition) is 5. The second-order valence-corrected chi connectivity index (χ2v) is 9.20. The SMILES string of the molecule is O=C(CN1CCN(Cc2nc3ccccc3s2)CC1)Nc1ccccc1-c1ccccc1. The van der Waals surface area contributed by atoms with Crippen molar-refractivity contribution in [3.05, 3.63) is 83.9 Å². The molecule has 32 heavy (non-hydrogen) atoms. The number of nitrogens with zero attached hydrogens (tertiary/aromatic N) is 3. The topological polar surface area (TPSA) is 48.5 Å². The molecule has 0 unspecified atom stereocenters. The highest BCUT2D eigenvalue weighted by molar-refractivity contribution is 7.18. The van der Waals surface area contributed by atoms with Crippen molar-refractivity contribution < 1.29 is 4.79 Å². The van der Waals surface area contributed by atoms with E-state index in [4.69, 9.17) is 4.98 Å². The van der Waals surface area contributed by atoms with Crippen molar-refractivity contribution in [3.8, 4) is 11.1 Å². The number of anilines is 1. The van der Waals surface area contributed by atoms with Crippen molar-refractivity contribution in [1.29, 1.82) is 0 Å². The summed E-state index contributed by atoms with van der Waals surface area (Å²) in [6.45, 7) is 4.97. The third kappa shape index (κ3) is 4.88. The van der Waals surface area contributed by atoms with Crippen molar-refractivity contribution in [2.24, 2.45) is 0 Å². The molecule has 0 radical (unpaired) electrons. The van der Waals surface area contributed by atoms with Crippen LogP contribution in [0.15, 0.2) is 78.9 Å². The van der Waals surface area contributed by atoms with Crippen LogP contribution in [0.25, 0.3) is 21.3 Å². The Kier molecular flexibility index (Phi) is 6.25. The Bertz CT molecular complexity index is 1170. The van der Waals surface area contributed by atoms with Crippen LogP contribution in [0.5, 0.6) is 0 Å². The smallest absolute Gasteiger partial charge is 0.238 e. The van der Waals surface area contributed by atoms with Crippen LogP contribution in [0, 0.1) is 0 Å². The molecule has 162 valence electrons. The largest absolute Gasteiger partial charge is 0.324 e. The first kappa shape index (κ1) is 20.8. The Morgan fingerprint density at radius 1 is 0.844 bits per heavy atom. The summed E-state index contributed by atoms with van der Waals surface area (Å²) in [4.78, 5) is 22.2. The number of rotatable bonds is 6. The highest BCUT2D eigenvalue weighted by atomic mass is 32.1. The maximum atomic E-state index is 12.8. The number of carbonyl (C=O) groups excluding carboxylic acids is 1. The average molecular weight is 443 g/mol. The second kappa shape index (κ2) is 9.61. The zero-order chi connectivity index (χ0) is 21.8. The van der Waals surface area contributed by atoms with Crippen LogP contribution in [0.3, 0.4) is 0 Å². The van der Waals surface area contributed by atoms with E-state index in [9.17, 15) is 4.79 Å². The van der Waals surface area contributed by atoms with Gasteiger partial charge in [0.25, 0.3) is 0 Å². The number of hydrogen-bond donors (Lipinski definition) is 1. The Hall–Kier alpha value is -3.06. The van der Waals surface area contributed by atoms with Gasteiger partial charge in [-0.15, -0.1) is 11.3 Å². The number of para-hydroxylation sites is 2. The van der Waals surface area contributed by atoms with Crippen molar-refractivity contribution in [1.82, 2.24) is 14.8 Å². The number of aromatic nitrogens is 1. The van der Waals surface area contributed by atoms with Crippen LogP contribution >= 0.6 is 11.3 Å². The Labute approximate surface area is 192 Å². The summed E-state index contributed by atoms with van der Waals surface area (Å²) in [6, 6.07) is 26.4. The molecule has 6 heteroatoms. The number of fused-ring (bicyclic) bond motifs is 1. The van der Waals surface area contributed by atoms with Crippen LogP contribution < -0.4 is 5.32 Å². The first-order valence-corrected chi connectivity index (χ1v) is 11.8.